The summed E-state index contributed by atoms with van der Waals surface area (Å²) >= 11 is 2.04. The van der Waals surface area contributed by atoms with Crippen molar-refractivity contribution in [1.82, 2.24) is 10.2 Å². The van der Waals surface area contributed by atoms with Crippen LogP contribution in [0.25, 0.3) is 0 Å². The van der Waals surface area contributed by atoms with Gasteiger partial charge in [-0.2, -0.15) is 0 Å². The average molecular weight is 705 g/mol. The minimum atomic E-state index is -1.27. The van der Waals surface area contributed by atoms with Gasteiger partial charge in [0.1, 0.15) is 18.0 Å². The highest BCUT2D eigenvalue weighted by Crippen LogP contribution is 2.37. The first-order valence-electron chi connectivity index (χ1n) is 13.7. The number of benzene rings is 3. The number of aliphatic hydroxyl groups is 3. The van der Waals surface area contributed by atoms with Gasteiger partial charge in [0.05, 0.1) is 36.4 Å². The minimum Gasteiger partial charge on any atom is -0.493 e. The number of carbonyl (C=O) groups is 2. The van der Waals surface area contributed by atoms with Crippen LogP contribution in [0.4, 0.5) is 4.39 Å². The summed E-state index contributed by atoms with van der Waals surface area (Å²) in [5.74, 6) is -0.548. The predicted molar refractivity (Wildman–Crippen MR) is 166 cm³/mol. The van der Waals surface area contributed by atoms with Gasteiger partial charge in [0.15, 0.2) is 11.5 Å². The maximum Gasteiger partial charge on any atom is 0.247 e. The fourth-order valence-electron chi connectivity index (χ4n) is 4.94. The summed E-state index contributed by atoms with van der Waals surface area (Å²) in [5.41, 5.74) is 2.29. The largest absolute Gasteiger partial charge is 0.493 e. The fourth-order valence-corrected chi connectivity index (χ4v) is 5.74. The van der Waals surface area contributed by atoms with Crippen LogP contribution in [0, 0.1) is 9.39 Å². The van der Waals surface area contributed by atoms with E-state index in [0.29, 0.717) is 26.2 Å². The third-order valence-electron chi connectivity index (χ3n) is 7.13. The molecule has 3 unspecified atom stereocenters. The molecule has 43 heavy (non-hydrogen) atoms. The Kier molecular flexibility index (Phi) is 11.5. The predicted octanol–water partition coefficient (Wildman–Crippen LogP) is 3.12. The SMILES string of the molecule is COc1cc(CO)cc(I)c1OC1C=C(C(=O)NCCO)CC(N(Cc2ccc(F)cc2)C(=O)Cc2ccccc2)C1O. The first-order chi connectivity index (χ1) is 20.7. The van der Waals surface area contributed by atoms with E-state index >= 15 is 0 Å². The van der Waals surface area contributed by atoms with E-state index in [0.717, 1.165) is 5.56 Å². The number of aliphatic hydroxyl groups excluding tert-OH is 3. The van der Waals surface area contributed by atoms with Crippen LogP contribution in [0.2, 0.25) is 0 Å². The van der Waals surface area contributed by atoms with Crippen LogP contribution < -0.4 is 14.8 Å². The molecule has 3 aromatic carbocycles. The molecule has 3 aromatic rings. The molecule has 1 aliphatic rings. The molecular weight excluding hydrogens is 670 g/mol. The van der Waals surface area contributed by atoms with Crippen molar-refractivity contribution in [3.63, 3.8) is 0 Å². The summed E-state index contributed by atoms with van der Waals surface area (Å²) in [6, 6.07) is 17.3. The molecule has 0 spiro atoms. The molecule has 2 amide bonds. The van der Waals surface area contributed by atoms with Crippen LogP contribution >= 0.6 is 22.6 Å². The molecule has 9 nitrogen and oxygen atoms in total. The first-order valence-corrected chi connectivity index (χ1v) is 14.8. The van der Waals surface area contributed by atoms with Crippen LogP contribution in [0.5, 0.6) is 11.5 Å². The number of hydrogen-bond donors (Lipinski definition) is 4. The van der Waals surface area contributed by atoms with Gasteiger partial charge in [0, 0.05) is 25.1 Å². The molecule has 0 radical (unpaired) electrons. The Morgan fingerprint density at radius 1 is 1.05 bits per heavy atom. The molecule has 0 fully saturated rings. The molecule has 4 rings (SSSR count). The smallest absolute Gasteiger partial charge is 0.247 e. The molecular formula is C32H34FIN2O7. The lowest BCUT2D eigenvalue weighted by Gasteiger charge is -2.41. The molecule has 0 bridgehead atoms. The summed E-state index contributed by atoms with van der Waals surface area (Å²) in [5, 5.41) is 33.3. The Morgan fingerprint density at radius 3 is 2.42 bits per heavy atom. The van der Waals surface area contributed by atoms with Crippen molar-refractivity contribution in [2.45, 2.75) is 44.2 Å². The zero-order valence-electron chi connectivity index (χ0n) is 23.6. The summed E-state index contributed by atoms with van der Waals surface area (Å²) in [4.78, 5) is 28.5. The second-order valence-electron chi connectivity index (χ2n) is 10.1. The van der Waals surface area contributed by atoms with E-state index in [1.807, 2.05) is 52.9 Å². The number of methoxy groups -OCH3 is 1. The normalized spacial score (nSPS) is 18.0. The van der Waals surface area contributed by atoms with E-state index in [4.69, 9.17) is 9.47 Å². The molecule has 0 saturated carbocycles. The topological polar surface area (TPSA) is 129 Å². The van der Waals surface area contributed by atoms with Gasteiger partial charge in [-0.3, -0.25) is 9.59 Å². The second-order valence-corrected chi connectivity index (χ2v) is 11.3. The number of ether oxygens (including phenoxy) is 2. The van der Waals surface area contributed by atoms with Crippen molar-refractivity contribution in [3.05, 3.63) is 104 Å². The van der Waals surface area contributed by atoms with E-state index in [9.17, 15) is 29.3 Å². The van der Waals surface area contributed by atoms with Gasteiger partial charge < -0.3 is 35.0 Å². The summed E-state index contributed by atoms with van der Waals surface area (Å²) < 4.78 is 26.1. The zero-order valence-corrected chi connectivity index (χ0v) is 25.7. The number of rotatable bonds is 12. The van der Waals surface area contributed by atoms with Crippen molar-refractivity contribution in [1.29, 1.82) is 0 Å². The lowest BCUT2D eigenvalue weighted by Crippen LogP contribution is -2.55. The van der Waals surface area contributed by atoms with E-state index in [-0.39, 0.29) is 50.6 Å². The van der Waals surface area contributed by atoms with Gasteiger partial charge in [0.2, 0.25) is 11.8 Å². The Hall–Kier alpha value is -3.52. The van der Waals surface area contributed by atoms with Crippen LogP contribution in [0.3, 0.4) is 0 Å². The van der Waals surface area contributed by atoms with Crippen molar-refractivity contribution in [3.8, 4) is 11.5 Å². The lowest BCUT2D eigenvalue weighted by atomic mass is 9.87. The Bertz CT molecular complexity index is 1440. The molecule has 4 N–H and O–H groups in total. The highest BCUT2D eigenvalue weighted by Gasteiger charge is 2.41. The van der Waals surface area contributed by atoms with Gasteiger partial charge in [0.25, 0.3) is 0 Å². The lowest BCUT2D eigenvalue weighted by molar-refractivity contribution is -0.138. The number of nitrogens with zero attached hydrogens (tertiary/aromatic N) is 1. The molecule has 3 atom stereocenters. The van der Waals surface area contributed by atoms with E-state index in [1.54, 1.807) is 24.3 Å². The maximum absolute atomic E-state index is 13.9. The Labute approximate surface area is 263 Å². The standard InChI is InChI=1S/C32H34FIN2O7/c1-42-28-14-22(19-38)13-25(34)31(28)43-27-17-23(32(41)35-11-12-37)16-26(30(27)40)36(18-21-7-9-24(33)10-8-21)29(39)15-20-5-3-2-4-6-20/h2-10,13-14,17,26-27,30,37-38,40H,11-12,15-16,18-19H2,1H3,(H,35,41). The molecule has 0 aromatic heterocycles. The van der Waals surface area contributed by atoms with E-state index in [1.165, 1.54) is 30.2 Å². The fraction of sp³-hybridized carbons (Fsp3) is 0.312. The molecule has 0 saturated heterocycles. The minimum absolute atomic E-state index is 0.0116. The van der Waals surface area contributed by atoms with E-state index in [2.05, 4.69) is 5.32 Å². The molecule has 11 heteroatoms. The number of amides is 2. The van der Waals surface area contributed by atoms with Crippen molar-refractivity contribution in [2.75, 3.05) is 20.3 Å². The highest BCUT2D eigenvalue weighted by molar-refractivity contribution is 14.1. The van der Waals surface area contributed by atoms with Gasteiger partial charge in [-0.05, 0) is 69.6 Å². The van der Waals surface area contributed by atoms with E-state index < -0.39 is 30.0 Å². The molecule has 228 valence electrons. The summed E-state index contributed by atoms with van der Waals surface area (Å²) in [6.45, 7) is -0.394. The summed E-state index contributed by atoms with van der Waals surface area (Å²) in [6.07, 6.45) is -0.775. The third-order valence-corrected chi connectivity index (χ3v) is 7.93. The highest BCUT2D eigenvalue weighted by atomic mass is 127. The van der Waals surface area contributed by atoms with Gasteiger partial charge in [-0.25, -0.2) is 4.39 Å². The quantitative estimate of drug-likeness (QED) is 0.214. The monoisotopic (exact) mass is 704 g/mol. The van der Waals surface area contributed by atoms with Crippen LogP contribution in [-0.4, -0.2) is 70.5 Å². The first kappa shape index (κ1) is 32.4. The van der Waals surface area contributed by atoms with Crippen LogP contribution in [0.1, 0.15) is 23.1 Å². The molecule has 0 heterocycles. The van der Waals surface area contributed by atoms with Gasteiger partial charge in [-0.1, -0.05) is 42.5 Å². The maximum atomic E-state index is 13.9. The Morgan fingerprint density at radius 2 is 1.77 bits per heavy atom. The van der Waals surface area contributed by atoms with Gasteiger partial charge in [-0.15, -0.1) is 0 Å². The van der Waals surface area contributed by atoms with Crippen molar-refractivity contribution < 1.29 is 38.8 Å². The zero-order chi connectivity index (χ0) is 30.9. The number of halogens is 2. The van der Waals surface area contributed by atoms with Crippen molar-refractivity contribution in [2.24, 2.45) is 0 Å². The van der Waals surface area contributed by atoms with Crippen LogP contribution in [-0.2, 0) is 29.2 Å². The third kappa shape index (κ3) is 8.31. The number of nitrogens with one attached hydrogen (secondary N) is 1. The summed E-state index contributed by atoms with van der Waals surface area (Å²) in [7, 11) is 1.45. The number of carbonyl (C=O) groups excluding carboxylic acids is 2. The molecule has 0 aliphatic heterocycles. The average Bonchev–Trinajstić information content (AvgIpc) is 3.01. The Balaban J connectivity index is 1.73. The van der Waals surface area contributed by atoms with Crippen molar-refractivity contribution >= 4 is 34.4 Å². The van der Waals surface area contributed by atoms with Gasteiger partial charge >= 0.3 is 0 Å². The van der Waals surface area contributed by atoms with Crippen LogP contribution in [0.15, 0.2) is 78.4 Å². The number of hydrogen-bond acceptors (Lipinski definition) is 7. The second kappa shape index (κ2) is 15.3. The molecule has 1 aliphatic carbocycles.